The van der Waals surface area contributed by atoms with Crippen LogP contribution in [0.4, 0.5) is 11.5 Å². The fraction of sp³-hybridized carbons (Fsp3) is 0.545. The number of aromatic nitrogens is 1. The molecule has 0 bridgehead atoms. The monoisotopic (exact) mass is 236 g/mol. The molecule has 1 aromatic rings. The fourth-order valence-corrected chi connectivity index (χ4v) is 2.26. The summed E-state index contributed by atoms with van der Waals surface area (Å²) in [5.74, 6) is 0.706. The highest BCUT2D eigenvalue weighted by Gasteiger charge is 2.25. The lowest BCUT2D eigenvalue weighted by atomic mass is 10.2. The van der Waals surface area contributed by atoms with E-state index < -0.39 is 0 Å². The van der Waals surface area contributed by atoms with E-state index >= 15 is 0 Å². The van der Waals surface area contributed by atoms with Gasteiger partial charge < -0.3 is 10.2 Å². The maximum atomic E-state index is 10.7. The van der Waals surface area contributed by atoms with Crippen molar-refractivity contribution in [2.75, 3.05) is 25.0 Å². The molecule has 1 aliphatic rings. The molecule has 0 aliphatic carbocycles. The average Bonchev–Trinajstić information content (AvgIpc) is 2.78. The summed E-state index contributed by atoms with van der Waals surface area (Å²) < 4.78 is 0. The first-order valence-electron chi connectivity index (χ1n) is 5.74. The SMILES string of the molecule is CNCC1CCCN1c1cc([N+](=O)[O-])ccn1. The van der Waals surface area contributed by atoms with Crippen LogP contribution in [0.5, 0.6) is 0 Å². The van der Waals surface area contributed by atoms with Gasteiger partial charge in [-0.25, -0.2) is 4.98 Å². The molecular formula is C11H16N4O2. The summed E-state index contributed by atoms with van der Waals surface area (Å²) in [6.07, 6.45) is 3.71. The van der Waals surface area contributed by atoms with Crippen molar-refractivity contribution in [1.82, 2.24) is 10.3 Å². The van der Waals surface area contributed by atoms with Gasteiger partial charge >= 0.3 is 0 Å². The maximum Gasteiger partial charge on any atom is 0.274 e. The highest BCUT2D eigenvalue weighted by atomic mass is 16.6. The Hall–Kier alpha value is -1.69. The molecule has 2 rings (SSSR count). The zero-order valence-corrected chi connectivity index (χ0v) is 9.80. The van der Waals surface area contributed by atoms with Crippen LogP contribution in [0.15, 0.2) is 18.3 Å². The Kier molecular flexibility index (Phi) is 3.53. The lowest BCUT2D eigenvalue weighted by Crippen LogP contribution is -2.37. The second kappa shape index (κ2) is 5.09. The van der Waals surface area contributed by atoms with E-state index in [0.29, 0.717) is 11.9 Å². The number of hydrogen-bond acceptors (Lipinski definition) is 5. The van der Waals surface area contributed by atoms with Gasteiger partial charge in [0.05, 0.1) is 11.0 Å². The van der Waals surface area contributed by atoms with Crippen LogP contribution in [0.2, 0.25) is 0 Å². The molecule has 1 aliphatic heterocycles. The number of hydrogen-bond donors (Lipinski definition) is 1. The molecule has 17 heavy (non-hydrogen) atoms. The molecule has 0 saturated carbocycles. The van der Waals surface area contributed by atoms with Gasteiger partial charge in [0, 0.05) is 31.4 Å². The molecule has 1 aromatic heterocycles. The van der Waals surface area contributed by atoms with Crippen LogP contribution >= 0.6 is 0 Å². The number of rotatable bonds is 4. The van der Waals surface area contributed by atoms with E-state index in [9.17, 15) is 10.1 Å². The molecular weight excluding hydrogens is 220 g/mol. The summed E-state index contributed by atoms with van der Waals surface area (Å²) in [5.41, 5.74) is 0.102. The molecule has 1 saturated heterocycles. The third kappa shape index (κ3) is 2.52. The van der Waals surface area contributed by atoms with Crippen LogP contribution in [0.3, 0.4) is 0 Å². The summed E-state index contributed by atoms with van der Waals surface area (Å²) in [6.45, 7) is 1.80. The molecule has 6 heteroatoms. The van der Waals surface area contributed by atoms with Crippen LogP contribution in [-0.4, -0.2) is 36.1 Å². The zero-order valence-electron chi connectivity index (χ0n) is 9.80. The van der Waals surface area contributed by atoms with Crippen LogP contribution in [0, 0.1) is 10.1 Å². The minimum Gasteiger partial charge on any atom is -0.352 e. The number of nitro groups is 1. The minimum absolute atomic E-state index is 0.102. The Labute approximate surface area is 99.8 Å². The molecule has 92 valence electrons. The number of pyridine rings is 1. The predicted octanol–water partition coefficient (Wildman–Crippen LogP) is 1.18. The second-order valence-corrected chi connectivity index (χ2v) is 4.18. The quantitative estimate of drug-likeness (QED) is 0.627. The highest BCUT2D eigenvalue weighted by molar-refractivity contribution is 5.48. The summed E-state index contributed by atoms with van der Waals surface area (Å²) in [5, 5.41) is 13.9. The number of nitrogens with one attached hydrogen (secondary N) is 1. The molecule has 0 spiro atoms. The van der Waals surface area contributed by atoms with Crippen molar-refractivity contribution in [2.45, 2.75) is 18.9 Å². The smallest absolute Gasteiger partial charge is 0.274 e. The lowest BCUT2D eigenvalue weighted by Gasteiger charge is -2.25. The summed E-state index contributed by atoms with van der Waals surface area (Å²) in [4.78, 5) is 16.7. The summed E-state index contributed by atoms with van der Waals surface area (Å²) in [6, 6.07) is 3.36. The van der Waals surface area contributed by atoms with Crippen molar-refractivity contribution in [3.05, 3.63) is 28.4 Å². The van der Waals surface area contributed by atoms with Gasteiger partial charge in [0.25, 0.3) is 5.69 Å². The van der Waals surface area contributed by atoms with Crippen molar-refractivity contribution in [1.29, 1.82) is 0 Å². The lowest BCUT2D eigenvalue weighted by molar-refractivity contribution is -0.384. The molecule has 2 heterocycles. The van der Waals surface area contributed by atoms with E-state index in [1.165, 1.54) is 12.3 Å². The standard InChI is InChI=1S/C11H16N4O2/c1-12-8-10-3-2-6-14(10)11-7-9(15(16)17)4-5-13-11/h4-5,7,10,12H,2-3,6,8H2,1H3. The number of likely N-dealkylation sites (N-methyl/N-ethyl adjacent to an activating group) is 1. The molecule has 0 aromatic carbocycles. The van der Waals surface area contributed by atoms with Crippen molar-refractivity contribution in [3.8, 4) is 0 Å². The molecule has 1 fully saturated rings. The van der Waals surface area contributed by atoms with Crippen LogP contribution in [0.25, 0.3) is 0 Å². The molecule has 0 radical (unpaired) electrons. The van der Waals surface area contributed by atoms with Gasteiger partial charge in [0.1, 0.15) is 5.82 Å². The van der Waals surface area contributed by atoms with Crippen LogP contribution < -0.4 is 10.2 Å². The van der Waals surface area contributed by atoms with Crippen LogP contribution in [0.1, 0.15) is 12.8 Å². The Morgan fingerprint density at radius 1 is 1.71 bits per heavy atom. The highest BCUT2D eigenvalue weighted by Crippen LogP contribution is 2.25. The molecule has 1 unspecified atom stereocenters. The molecule has 1 N–H and O–H groups in total. The van der Waals surface area contributed by atoms with Crippen molar-refractivity contribution >= 4 is 11.5 Å². The maximum absolute atomic E-state index is 10.7. The average molecular weight is 236 g/mol. The van der Waals surface area contributed by atoms with E-state index in [0.717, 1.165) is 25.9 Å². The Morgan fingerprint density at radius 3 is 3.24 bits per heavy atom. The Morgan fingerprint density at radius 2 is 2.53 bits per heavy atom. The van der Waals surface area contributed by atoms with Gasteiger partial charge in [0.15, 0.2) is 0 Å². The third-order valence-electron chi connectivity index (χ3n) is 3.05. The van der Waals surface area contributed by atoms with E-state index in [4.69, 9.17) is 0 Å². The normalized spacial score (nSPS) is 19.6. The topological polar surface area (TPSA) is 71.3 Å². The minimum atomic E-state index is -0.381. The Bertz CT molecular complexity index is 410. The van der Waals surface area contributed by atoms with Gasteiger partial charge in [0.2, 0.25) is 0 Å². The van der Waals surface area contributed by atoms with E-state index in [2.05, 4.69) is 15.2 Å². The van der Waals surface area contributed by atoms with E-state index in [1.54, 1.807) is 6.07 Å². The van der Waals surface area contributed by atoms with Gasteiger partial charge in [-0.1, -0.05) is 0 Å². The Balaban J connectivity index is 2.21. The largest absolute Gasteiger partial charge is 0.352 e. The van der Waals surface area contributed by atoms with Crippen LogP contribution in [-0.2, 0) is 0 Å². The van der Waals surface area contributed by atoms with Gasteiger partial charge in [-0.2, -0.15) is 0 Å². The summed E-state index contributed by atoms with van der Waals surface area (Å²) in [7, 11) is 1.91. The number of anilines is 1. The first-order valence-corrected chi connectivity index (χ1v) is 5.74. The predicted molar refractivity (Wildman–Crippen MR) is 65.2 cm³/mol. The van der Waals surface area contributed by atoms with E-state index in [-0.39, 0.29) is 10.6 Å². The van der Waals surface area contributed by atoms with Crippen molar-refractivity contribution in [3.63, 3.8) is 0 Å². The van der Waals surface area contributed by atoms with Gasteiger partial charge in [-0.3, -0.25) is 10.1 Å². The van der Waals surface area contributed by atoms with E-state index in [1.807, 2.05) is 7.05 Å². The number of nitrogens with zero attached hydrogens (tertiary/aromatic N) is 3. The fourth-order valence-electron chi connectivity index (χ4n) is 2.26. The molecule has 0 amide bonds. The second-order valence-electron chi connectivity index (χ2n) is 4.18. The summed E-state index contributed by atoms with van der Waals surface area (Å²) >= 11 is 0. The van der Waals surface area contributed by atoms with Gasteiger partial charge in [-0.15, -0.1) is 0 Å². The van der Waals surface area contributed by atoms with Crippen molar-refractivity contribution < 1.29 is 4.92 Å². The first-order chi connectivity index (χ1) is 8.22. The van der Waals surface area contributed by atoms with Gasteiger partial charge in [-0.05, 0) is 19.9 Å². The first kappa shape index (κ1) is 11.8. The third-order valence-corrected chi connectivity index (χ3v) is 3.05. The van der Waals surface area contributed by atoms with Crippen molar-refractivity contribution in [2.24, 2.45) is 0 Å². The molecule has 1 atom stereocenters. The zero-order chi connectivity index (χ0) is 12.3. The molecule has 6 nitrogen and oxygen atoms in total.